The lowest BCUT2D eigenvalue weighted by atomic mass is 10.0. The maximum Gasteiger partial charge on any atom is 0.315 e. The van der Waals surface area contributed by atoms with Crippen LogP contribution in [0.3, 0.4) is 0 Å². The van der Waals surface area contributed by atoms with Crippen molar-refractivity contribution in [3.63, 3.8) is 0 Å². The summed E-state index contributed by atoms with van der Waals surface area (Å²) in [6, 6.07) is 2.07. The Bertz CT molecular complexity index is 646. The number of hydrogen-bond donors (Lipinski definition) is 2. The maximum atomic E-state index is 13.8. The van der Waals surface area contributed by atoms with E-state index in [0.717, 1.165) is 18.2 Å². The minimum absolute atomic E-state index is 0.140. The van der Waals surface area contributed by atoms with E-state index in [-0.39, 0.29) is 11.6 Å². The lowest BCUT2D eigenvalue weighted by Gasteiger charge is -2.21. The molecule has 0 aliphatic carbocycles. The fraction of sp³-hybridized carbons (Fsp3) is 0.375. The molecule has 2 amide bonds. The zero-order valence-corrected chi connectivity index (χ0v) is 13.1. The third kappa shape index (κ3) is 4.77. The number of urea groups is 1. The van der Waals surface area contributed by atoms with Crippen molar-refractivity contribution in [3.8, 4) is 0 Å². The molecule has 1 aromatic heterocycles. The lowest BCUT2D eigenvalue weighted by Crippen LogP contribution is -2.43. The molecule has 0 radical (unpaired) electrons. The first kappa shape index (κ1) is 16.9. The summed E-state index contributed by atoms with van der Waals surface area (Å²) in [7, 11) is 0. The van der Waals surface area contributed by atoms with E-state index in [1.165, 1.54) is 0 Å². The Balaban J connectivity index is 1.95. The quantitative estimate of drug-likeness (QED) is 0.859. The number of hydrogen-bond acceptors (Lipinski definition) is 2. The molecule has 0 fully saturated rings. The number of carbonyl (C=O) groups excluding carboxylic acids is 1. The molecule has 0 aliphatic heterocycles. The number of aromatic nitrogens is 2. The number of carbonyl (C=O) groups is 1. The molecule has 2 atom stereocenters. The highest BCUT2D eigenvalue weighted by Gasteiger charge is 2.18. The Morgan fingerprint density at radius 2 is 2.13 bits per heavy atom. The zero-order valence-electron chi connectivity index (χ0n) is 13.1. The monoisotopic (exact) mass is 322 g/mol. The highest BCUT2D eigenvalue weighted by molar-refractivity contribution is 5.74. The van der Waals surface area contributed by atoms with E-state index >= 15 is 0 Å². The van der Waals surface area contributed by atoms with Gasteiger partial charge in [-0.1, -0.05) is 6.92 Å². The molecule has 0 spiro atoms. The Labute approximate surface area is 133 Å². The summed E-state index contributed by atoms with van der Waals surface area (Å²) < 4.78 is 29.0. The minimum atomic E-state index is -0.592. The van der Waals surface area contributed by atoms with Crippen molar-refractivity contribution in [2.24, 2.45) is 0 Å². The molecule has 2 aromatic rings. The van der Waals surface area contributed by atoms with Crippen LogP contribution in [-0.2, 0) is 6.54 Å². The summed E-state index contributed by atoms with van der Waals surface area (Å²) in [6.07, 6.45) is 5.57. The summed E-state index contributed by atoms with van der Waals surface area (Å²) in [5.41, 5.74) is 0.143. The van der Waals surface area contributed by atoms with E-state index in [1.807, 2.05) is 11.5 Å². The summed E-state index contributed by atoms with van der Waals surface area (Å²) in [4.78, 5) is 16.0. The average Bonchev–Trinajstić information content (AvgIpc) is 3.00. The van der Waals surface area contributed by atoms with Gasteiger partial charge in [0.1, 0.15) is 11.6 Å². The molecule has 23 heavy (non-hydrogen) atoms. The second kappa shape index (κ2) is 7.71. The van der Waals surface area contributed by atoms with E-state index < -0.39 is 23.7 Å². The second-order valence-electron chi connectivity index (χ2n) is 5.40. The number of halogens is 2. The number of nitrogens with zero attached hydrogens (tertiary/aromatic N) is 2. The molecule has 0 saturated carbocycles. The summed E-state index contributed by atoms with van der Waals surface area (Å²) in [5, 5.41) is 5.45. The van der Waals surface area contributed by atoms with Gasteiger partial charge in [-0.15, -0.1) is 0 Å². The van der Waals surface area contributed by atoms with Crippen LogP contribution in [0.1, 0.15) is 31.9 Å². The van der Waals surface area contributed by atoms with Crippen molar-refractivity contribution in [1.29, 1.82) is 0 Å². The Morgan fingerprint density at radius 3 is 2.78 bits per heavy atom. The van der Waals surface area contributed by atoms with Gasteiger partial charge in [-0.25, -0.2) is 18.6 Å². The van der Waals surface area contributed by atoms with Gasteiger partial charge in [0.15, 0.2) is 0 Å². The number of rotatable bonds is 6. The molecule has 1 aromatic carbocycles. The SMILES string of the molecule is CC[C@@H](NC(=O)N[C@H](C)Cn1ccnc1)c1cc(F)ccc1F. The molecular weight excluding hydrogens is 302 g/mol. The van der Waals surface area contributed by atoms with Gasteiger partial charge < -0.3 is 15.2 Å². The fourth-order valence-electron chi connectivity index (χ4n) is 2.36. The smallest absolute Gasteiger partial charge is 0.315 e. The number of imidazole rings is 1. The van der Waals surface area contributed by atoms with E-state index in [9.17, 15) is 13.6 Å². The van der Waals surface area contributed by atoms with Gasteiger partial charge in [-0.3, -0.25) is 0 Å². The van der Waals surface area contributed by atoms with Gasteiger partial charge >= 0.3 is 6.03 Å². The van der Waals surface area contributed by atoms with Gasteiger partial charge in [-0.2, -0.15) is 0 Å². The highest BCUT2D eigenvalue weighted by Crippen LogP contribution is 2.21. The van der Waals surface area contributed by atoms with Crippen molar-refractivity contribution in [2.75, 3.05) is 0 Å². The van der Waals surface area contributed by atoms with Crippen LogP contribution in [0, 0.1) is 11.6 Å². The van der Waals surface area contributed by atoms with E-state index in [1.54, 1.807) is 25.6 Å². The largest absolute Gasteiger partial charge is 0.335 e. The maximum absolute atomic E-state index is 13.8. The Hall–Kier alpha value is -2.44. The minimum Gasteiger partial charge on any atom is -0.335 e. The van der Waals surface area contributed by atoms with E-state index in [4.69, 9.17) is 0 Å². The molecule has 7 heteroatoms. The van der Waals surface area contributed by atoms with Gasteiger partial charge in [0, 0.05) is 30.5 Å². The van der Waals surface area contributed by atoms with Crippen LogP contribution >= 0.6 is 0 Å². The first-order chi connectivity index (χ1) is 11.0. The third-order valence-electron chi connectivity index (χ3n) is 3.47. The summed E-state index contributed by atoms with van der Waals surface area (Å²) >= 11 is 0. The van der Waals surface area contributed by atoms with Gasteiger partial charge in [0.05, 0.1) is 12.4 Å². The molecule has 1 heterocycles. The van der Waals surface area contributed by atoms with Crippen molar-refractivity contribution in [1.82, 2.24) is 20.2 Å². The van der Waals surface area contributed by atoms with Crippen molar-refractivity contribution in [2.45, 2.75) is 38.9 Å². The lowest BCUT2D eigenvalue weighted by molar-refractivity contribution is 0.232. The zero-order chi connectivity index (χ0) is 16.8. The number of benzene rings is 1. The number of amides is 2. The Morgan fingerprint density at radius 1 is 1.35 bits per heavy atom. The van der Waals surface area contributed by atoms with Crippen LogP contribution in [0.5, 0.6) is 0 Å². The van der Waals surface area contributed by atoms with E-state index in [0.29, 0.717) is 13.0 Å². The Kier molecular flexibility index (Phi) is 5.67. The summed E-state index contributed by atoms with van der Waals surface area (Å²) in [5.74, 6) is -1.07. The topological polar surface area (TPSA) is 59.0 Å². The second-order valence-corrected chi connectivity index (χ2v) is 5.40. The van der Waals surface area contributed by atoms with Crippen LogP contribution in [0.15, 0.2) is 36.9 Å². The number of nitrogens with one attached hydrogen (secondary N) is 2. The molecule has 0 saturated heterocycles. The highest BCUT2D eigenvalue weighted by atomic mass is 19.1. The predicted molar refractivity (Wildman–Crippen MR) is 82.7 cm³/mol. The average molecular weight is 322 g/mol. The molecule has 0 bridgehead atoms. The molecule has 5 nitrogen and oxygen atoms in total. The third-order valence-corrected chi connectivity index (χ3v) is 3.47. The normalized spacial score (nSPS) is 13.4. The van der Waals surface area contributed by atoms with E-state index in [2.05, 4.69) is 15.6 Å². The first-order valence-corrected chi connectivity index (χ1v) is 7.47. The molecule has 124 valence electrons. The van der Waals surface area contributed by atoms with Crippen molar-refractivity contribution in [3.05, 3.63) is 54.1 Å². The van der Waals surface area contributed by atoms with Crippen LogP contribution in [0.2, 0.25) is 0 Å². The first-order valence-electron chi connectivity index (χ1n) is 7.47. The molecule has 2 N–H and O–H groups in total. The molecule has 0 aliphatic rings. The summed E-state index contributed by atoms with van der Waals surface area (Å²) in [6.45, 7) is 4.21. The van der Waals surface area contributed by atoms with Crippen LogP contribution in [0.4, 0.5) is 13.6 Å². The van der Waals surface area contributed by atoms with Crippen LogP contribution < -0.4 is 10.6 Å². The van der Waals surface area contributed by atoms with Crippen LogP contribution in [0.25, 0.3) is 0 Å². The van der Waals surface area contributed by atoms with Crippen LogP contribution in [-0.4, -0.2) is 21.6 Å². The van der Waals surface area contributed by atoms with Crippen molar-refractivity contribution >= 4 is 6.03 Å². The van der Waals surface area contributed by atoms with Gasteiger partial charge in [0.25, 0.3) is 0 Å². The molecule has 2 rings (SSSR count). The van der Waals surface area contributed by atoms with Crippen molar-refractivity contribution < 1.29 is 13.6 Å². The predicted octanol–water partition coefficient (Wildman–Crippen LogP) is 3.00. The van der Waals surface area contributed by atoms with Gasteiger partial charge in [-0.05, 0) is 31.5 Å². The molecular formula is C16H20F2N4O. The molecule has 0 unspecified atom stereocenters. The fourth-order valence-corrected chi connectivity index (χ4v) is 2.36. The van der Waals surface area contributed by atoms with Gasteiger partial charge in [0.2, 0.25) is 0 Å². The standard InChI is InChI=1S/C16H20F2N4O/c1-3-15(13-8-12(17)4-5-14(13)18)21-16(23)20-11(2)9-22-7-6-19-10-22/h4-8,10-11,15H,3,9H2,1-2H3,(H2,20,21,23)/t11-,15-/m1/s1.